The Morgan fingerprint density at radius 1 is 0.615 bits per heavy atom. The Morgan fingerprint density at radius 2 is 1.00 bits per heavy atom. The first-order valence-corrected chi connectivity index (χ1v) is 26.0. The van der Waals surface area contributed by atoms with Crippen molar-refractivity contribution in [1.29, 1.82) is 0 Å². The summed E-state index contributed by atoms with van der Waals surface area (Å²) in [6, 6.07) is 24.9. The lowest BCUT2D eigenvalue weighted by atomic mass is 10.0. The number of rotatable bonds is 21. The third-order valence-electron chi connectivity index (χ3n) is 11.5. The number of halogens is 3. The third-order valence-corrected chi connectivity index (χ3v) is 12.2. The van der Waals surface area contributed by atoms with E-state index in [9.17, 15) is 29.4 Å². The lowest BCUT2D eigenvalue weighted by Gasteiger charge is -2.19. The van der Waals surface area contributed by atoms with Crippen molar-refractivity contribution in [2.75, 3.05) is 27.4 Å². The number of carbonyl (C=O) groups excluding carboxylic acids is 4. The predicted octanol–water partition coefficient (Wildman–Crippen LogP) is 10.6. The van der Waals surface area contributed by atoms with E-state index in [2.05, 4.69) is 47.0 Å². The van der Waals surface area contributed by atoms with Gasteiger partial charge in [0.25, 0.3) is 11.8 Å². The number of aryl methyl sites for hydroxylation is 2. The van der Waals surface area contributed by atoms with E-state index in [0.717, 1.165) is 39.5 Å². The number of hydrogen-bond acceptors (Lipinski definition) is 13. The summed E-state index contributed by atoms with van der Waals surface area (Å²) in [7, 11) is 6.34. The maximum atomic E-state index is 12.9. The second kappa shape index (κ2) is 32.3. The molecule has 0 spiro atoms. The third kappa shape index (κ3) is 20.6. The molecule has 0 aliphatic carbocycles. The molecular formula is C57H75Cl3N8O10. The molecule has 6 aromatic rings. The molecule has 4 atom stereocenters. The summed E-state index contributed by atoms with van der Waals surface area (Å²) in [6.07, 6.45) is 5.28. The lowest BCUT2D eigenvalue weighted by molar-refractivity contribution is 0.0921. The molecule has 78 heavy (non-hydrogen) atoms. The van der Waals surface area contributed by atoms with Crippen LogP contribution in [0.2, 0.25) is 10.0 Å². The number of aliphatic hydroxyl groups excluding tert-OH is 2. The van der Waals surface area contributed by atoms with E-state index in [1.165, 1.54) is 14.2 Å². The highest BCUT2D eigenvalue weighted by Crippen LogP contribution is 2.29. The van der Waals surface area contributed by atoms with Gasteiger partial charge in [-0.05, 0) is 115 Å². The normalized spacial score (nSPS) is 12.3. The lowest BCUT2D eigenvalue weighted by Crippen LogP contribution is -2.37. The summed E-state index contributed by atoms with van der Waals surface area (Å²) < 4.78 is 23.6. The van der Waals surface area contributed by atoms with E-state index in [1.807, 2.05) is 126 Å². The quantitative estimate of drug-likeness (QED) is 0.0368. The average Bonchev–Trinajstić information content (AvgIpc) is 4.00. The van der Waals surface area contributed by atoms with Crippen LogP contribution >= 0.6 is 34.8 Å². The van der Waals surface area contributed by atoms with Crippen LogP contribution in [-0.2, 0) is 36.4 Å². The summed E-state index contributed by atoms with van der Waals surface area (Å²) in [4.78, 5) is 55.9. The minimum Gasteiger partial charge on any atom is -0.489 e. The molecule has 0 bridgehead atoms. The Balaban J connectivity index is 0.000000375. The number of ether oxygens (including phenoxy) is 4. The summed E-state index contributed by atoms with van der Waals surface area (Å²) in [5, 5.41) is 28.6. The van der Waals surface area contributed by atoms with E-state index in [1.54, 1.807) is 36.4 Å². The average molecular weight is 1140 g/mol. The number of carbonyl (C=O) groups is 4. The number of methoxy groups -OCH3 is 2. The Kier molecular flexibility index (Phi) is 27.2. The smallest absolute Gasteiger partial charge is 0.407 e. The maximum Gasteiger partial charge on any atom is 0.407 e. The molecule has 0 aliphatic rings. The number of hydrogen-bond donors (Lipinski definition) is 6. The monoisotopic (exact) mass is 1140 g/mol. The fourth-order valence-electron chi connectivity index (χ4n) is 7.84. The van der Waals surface area contributed by atoms with Gasteiger partial charge >= 0.3 is 11.5 Å². The van der Waals surface area contributed by atoms with Gasteiger partial charge in [0.05, 0.1) is 59.9 Å². The highest BCUT2D eigenvalue weighted by atomic mass is 35.5. The van der Waals surface area contributed by atoms with E-state index in [0.29, 0.717) is 64.2 Å². The van der Waals surface area contributed by atoms with Crippen LogP contribution in [0.15, 0.2) is 97.3 Å². The van der Waals surface area contributed by atoms with Crippen LogP contribution in [0.5, 0.6) is 11.5 Å². The van der Waals surface area contributed by atoms with Crippen molar-refractivity contribution in [2.45, 2.75) is 111 Å². The number of nitrogens with two attached hydrogens (primary N) is 1. The molecule has 2 aromatic heterocycles. The van der Waals surface area contributed by atoms with Crippen molar-refractivity contribution in [1.82, 2.24) is 35.1 Å². The maximum absolute atomic E-state index is 12.9. The van der Waals surface area contributed by atoms with Gasteiger partial charge in [0.2, 0.25) is 0 Å². The van der Waals surface area contributed by atoms with Gasteiger partial charge in [0.15, 0.2) is 0 Å². The number of nitrogens with zero attached hydrogens (tertiary/aromatic N) is 4. The Bertz CT molecular complexity index is 2860. The molecule has 2 heterocycles. The number of amides is 3. The standard InChI is InChI=1S/C28H35ClN4O5.C26H33ClN4O3.C2H3ClO2.CH4/c1-17(2)38-25-11-10-21(15-23(25)29)27(35)31-22(12-13-34)14-19-6-8-20(9-7-19)24-16-33(4)26(32-24)18(3)30-28(36)37-5;1-16(2)34-24-10-9-20(14-22(24)27)26(33)29-21(11-12-32)13-18-5-7-19(8-6-18)23-15-31(4)25(30-23)17(3)28;1-5-2(3)4;/h6-11,15-18,22,34H,12-14H2,1-5H3,(H,30,36)(H,31,35);5-10,14-17,21,32H,11-13,28H2,1-4H3,(H,29,33);1H3;1H4/t18?,22-;17?,21-;;/m11../s1. The van der Waals surface area contributed by atoms with Crippen LogP contribution in [0.3, 0.4) is 0 Å². The zero-order valence-corrected chi connectivity index (χ0v) is 47.4. The van der Waals surface area contributed by atoms with Crippen LogP contribution in [-0.4, -0.2) is 104 Å². The van der Waals surface area contributed by atoms with Crippen molar-refractivity contribution in [3.05, 3.63) is 141 Å². The van der Waals surface area contributed by atoms with Gasteiger partial charge in [-0.25, -0.2) is 19.6 Å². The summed E-state index contributed by atoms with van der Waals surface area (Å²) in [5.41, 5.74) is 11.7. The Hall–Kier alpha value is -6.67. The van der Waals surface area contributed by atoms with Crippen LogP contribution in [0, 0.1) is 0 Å². The highest BCUT2D eigenvalue weighted by Gasteiger charge is 2.20. The molecule has 18 nitrogen and oxygen atoms in total. The summed E-state index contributed by atoms with van der Waals surface area (Å²) >= 11 is 17.2. The van der Waals surface area contributed by atoms with Gasteiger partial charge in [-0.3, -0.25) is 9.59 Å². The number of nitrogens with one attached hydrogen (secondary N) is 3. The predicted molar refractivity (Wildman–Crippen MR) is 307 cm³/mol. The first kappa shape index (κ1) is 65.6. The zero-order valence-electron chi connectivity index (χ0n) is 45.1. The molecule has 424 valence electrons. The molecule has 0 aliphatic heterocycles. The van der Waals surface area contributed by atoms with Gasteiger partial charge in [-0.15, -0.1) is 0 Å². The first-order valence-electron chi connectivity index (χ1n) is 24.9. The molecule has 0 saturated heterocycles. The number of alkyl carbamates (subject to hydrolysis) is 1. The molecule has 0 radical (unpaired) electrons. The molecule has 21 heteroatoms. The van der Waals surface area contributed by atoms with Gasteiger partial charge in [-0.1, -0.05) is 79.2 Å². The molecule has 3 amide bonds. The van der Waals surface area contributed by atoms with Crippen molar-refractivity contribution in [3.8, 4) is 34.0 Å². The fraction of sp³-hybridized carbons (Fsp3) is 0.404. The van der Waals surface area contributed by atoms with E-state index in [-0.39, 0.29) is 68.8 Å². The van der Waals surface area contributed by atoms with Crippen molar-refractivity contribution in [2.24, 2.45) is 19.8 Å². The van der Waals surface area contributed by atoms with Gasteiger partial charge in [0, 0.05) is 85.6 Å². The number of aromatic nitrogens is 4. The number of aliphatic hydroxyl groups is 2. The van der Waals surface area contributed by atoms with Gasteiger partial charge < -0.3 is 60.0 Å². The Labute approximate surface area is 472 Å². The highest BCUT2D eigenvalue weighted by molar-refractivity contribution is 6.61. The molecule has 0 saturated carbocycles. The molecule has 2 unspecified atom stereocenters. The SMILES string of the molecule is C.CC(C)Oc1ccc(C(=O)N[C@H](CCO)Cc2ccc(-c3cn(C)c(C(C)N)n3)cc2)cc1Cl.COC(=O)Cl.COC(=O)NC(C)c1nc(-c2ccc(C[C@@H](CCO)NC(=O)c3ccc(OC(C)C)c(Cl)c3)cc2)cn1C. The number of imidazole rings is 2. The van der Waals surface area contributed by atoms with Crippen LogP contribution in [0.4, 0.5) is 9.59 Å². The van der Waals surface area contributed by atoms with Crippen molar-refractivity contribution < 1.29 is 48.3 Å². The second-order valence-electron chi connectivity index (χ2n) is 18.6. The molecule has 7 N–H and O–H groups in total. The Morgan fingerprint density at radius 3 is 1.32 bits per heavy atom. The largest absolute Gasteiger partial charge is 0.489 e. The summed E-state index contributed by atoms with van der Waals surface area (Å²) in [5.74, 6) is 2.08. The van der Waals surface area contributed by atoms with Gasteiger partial charge in [0.1, 0.15) is 23.1 Å². The van der Waals surface area contributed by atoms with Crippen molar-refractivity contribution in [3.63, 3.8) is 0 Å². The summed E-state index contributed by atoms with van der Waals surface area (Å²) in [6.45, 7) is 11.3. The molecular weight excluding hydrogens is 1060 g/mol. The van der Waals surface area contributed by atoms with E-state index >= 15 is 0 Å². The molecule has 4 aromatic carbocycles. The van der Waals surface area contributed by atoms with Crippen molar-refractivity contribution >= 4 is 58.1 Å². The van der Waals surface area contributed by atoms with Crippen LogP contribution in [0.25, 0.3) is 22.5 Å². The van der Waals surface area contributed by atoms with E-state index < -0.39 is 11.5 Å². The minimum absolute atomic E-state index is 0. The van der Waals surface area contributed by atoms with Crippen LogP contribution in [0.1, 0.15) is 117 Å². The van der Waals surface area contributed by atoms with E-state index in [4.69, 9.17) is 38.4 Å². The molecule has 6 rings (SSSR count). The second-order valence-corrected chi connectivity index (χ2v) is 19.7. The first-order chi connectivity index (χ1) is 36.5. The topological polar surface area (TPSA) is 243 Å². The fourth-order valence-corrected chi connectivity index (χ4v) is 8.29. The van der Waals surface area contributed by atoms with Crippen LogP contribution < -0.4 is 31.2 Å². The zero-order chi connectivity index (χ0) is 56.9. The van der Waals surface area contributed by atoms with Gasteiger partial charge in [-0.2, -0.15) is 0 Å². The molecule has 0 fully saturated rings. The minimum atomic E-state index is -0.773. The number of benzene rings is 4.